The number of rotatable bonds is 4. The van der Waals surface area contributed by atoms with Crippen LogP contribution in [-0.4, -0.2) is 49.0 Å². The van der Waals surface area contributed by atoms with E-state index in [1.54, 1.807) is 4.90 Å². The molecule has 1 rings (SSSR count). The number of hydrogen-bond donors (Lipinski definition) is 2. The average Bonchev–Trinajstić information content (AvgIpc) is 2.42. The van der Waals surface area contributed by atoms with Gasteiger partial charge in [0.2, 0.25) is 5.91 Å². The molecule has 3 N–H and O–H groups in total. The minimum atomic E-state index is -0.724. The summed E-state index contributed by atoms with van der Waals surface area (Å²) in [4.78, 5) is 36.6. The minimum absolute atomic E-state index is 0.0755. The van der Waals surface area contributed by atoms with E-state index in [2.05, 4.69) is 5.32 Å². The largest absolute Gasteiger partial charge is 0.469 e. The van der Waals surface area contributed by atoms with Crippen molar-refractivity contribution in [1.82, 2.24) is 10.2 Å². The standard InChI is InChI=1S/C13H23N3O4/c1-8(2)10(15-13(14)19)11(17)16-6-4-5-9(7-16)12(18)20-3/h8-10H,4-7H2,1-3H3,(H3,14,15,19). The van der Waals surface area contributed by atoms with Gasteiger partial charge in [0.25, 0.3) is 0 Å². The summed E-state index contributed by atoms with van der Waals surface area (Å²) in [6.45, 7) is 4.58. The normalized spacial score (nSPS) is 20.4. The van der Waals surface area contributed by atoms with E-state index in [4.69, 9.17) is 10.5 Å². The van der Waals surface area contributed by atoms with Crippen LogP contribution in [0, 0.1) is 11.8 Å². The lowest BCUT2D eigenvalue weighted by Gasteiger charge is -2.34. The number of urea groups is 1. The average molecular weight is 285 g/mol. The van der Waals surface area contributed by atoms with Crippen molar-refractivity contribution in [3.8, 4) is 0 Å². The summed E-state index contributed by atoms with van der Waals surface area (Å²) in [6.07, 6.45) is 1.46. The number of piperidine rings is 1. The predicted molar refractivity (Wildman–Crippen MR) is 72.7 cm³/mol. The summed E-state index contributed by atoms with van der Waals surface area (Å²) in [5.74, 6) is -0.869. The first-order valence-electron chi connectivity index (χ1n) is 6.79. The summed E-state index contributed by atoms with van der Waals surface area (Å²) >= 11 is 0. The molecule has 0 aromatic heterocycles. The highest BCUT2D eigenvalue weighted by atomic mass is 16.5. The molecule has 7 nitrogen and oxygen atoms in total. The molecular formula is C13H23N3O4. The molecule has 1 fully saturated rings. The van der Waals surface area contributed by atoms with Crippen LogP contribution in [0.3, 0.4) is 0 Å². The van der Waals surface area contributed by atoms with Crippen LogP contribution in [0.15, 0.2) is 0 Å². The third-order valence-electron chi connectivity index (χ3n) is 3.50. The fourth-order valence-corrected chi connectivity index (χ4v) is 2.40. The summed E-state index contributed by atoms with van der Waals surface area (Å²) in [5.41, 5.74) is 5.10. The Morgan fingerprint density at radius 3 is 2.50 bits per heavy atom. The quantitative estimate of drug-likeness (QED) is 0.715. The van der Waals surface area contributed by atoms with E-state index in [-0.39, 0.29) is 23.7 Å². The summed E-state index contributed by atoms with van der Waals surface area (Å²) in [7, 11) is 1.34. The van der Waals surface area contributed by atoms with Crippen molar-refractivity contribution < 1.29 is 19.1 Å². The van der Waals surface area contributed by atoms with Crippen LogP contribution in [0.25, 0.3) is 0 Å². The number of nitrogens with zero attached hydrogens (tertiary/aromatic N) is 1. The van der Waals surface area contributed by atoms with Crippen molar-refractivity contribution in [2.75, 3.05) is 20.2 Å². The van der Waals surface area contributed by atoms with Crippen molar-refractivity contribution in [3.63, 3.8) is 0 Å². The molecule has 7 heteroatoms. The number of likely N-dealkylation sites (tertiary alicyclic amines) is 1. The number of hydrogen-bond acceptors (Lipinski definition) is 4. The maximum Gasteiger partial charge on any atom is 0.312 e. The highest BCUT2D eigenvalue weighted by Crippen LogP contribution is 2.19. The smallest absolute Gasteiger partial charge is 0.312 e. The van der Waals surface area contributed by atoms with Crippen molar-refractivity contribution in [1.29, 1.82) is 0 Å². The van der Waals surface area contributed by atoms with Crippen LogP contribution in [0.2, 0.25) is 0 Å². The fraction of sp³-hybridized carbons (Fsp3) is 0.769. The molecule has 0 spiro atoms. The number of primary amides is 1. The first kappa shape index (κ1) is 16.3. The van der Waals surface area contributed by atoms with Gasteiger partial charge in [-0.2, -0.15) is 0 Å². The second kappa shape index (κ2) is 7.12. The van der Waals surface area contributed by atoms with Gasteiger partial charge in [-0.25, -0.2) is 4.79 Å². The molecule has 0 saturated carbocycles. The van der Waals surface area contributed by atoms with Gasteiger partial charge in [0, 0.05) is 13.1 Å². The minimum Gasteiger partial charge on any atom is -0.469 e. The van der Waals surface area contributed by atoms with Crippen LogP contribution >= 0.6 is 0 Å². The van der Waals surface area contributed by atoms with Crippen LogP contribution in [-0.2, 0) is 14.3 Å². The molecule has 0 aromatic carbocycles. The zero-order valence-electron chi connectivity index (χ0n) is 12.2. The molecule has 0 bridgehead atoms. The Kier molecular flexibility index (Phi) is 5.79. The van der Waals surface area contributed by atoms with Gasteiger partial charge in [0.1, 0.15) is 6.04 Å². The Balaban J connectivity index is 2.73. The lowest BCUT2D eigenvalue weighted by atomic mass is 9.96. The van der Waals surface area contributed by atoms with Crippen LogP contribution in [0.1, 0.15) is 26.7 Å². The van der Waals surface area contributed by atoms with Crippen LogP contribution < -0.4 is 11.1 Å². The monoisotopic (exact) mass is 285 g/mol. The van der Waals surface area contributed by atoms with Gasteiger partial charge in [-0.1, -0.05) is 13.8 Å². The molecule has 0 radical (unpaired) electrons. The van der Waals surface area contributed by atoms with E-state index < -0.39 is 12.1 Å². The maximum absolute atomic E-state index is 12.4. The van der Waals surface area contributed by atoms with Crippen LogP contribution in [0.4, 0.5) is 4.79 Å². The highest BCUT2D eigenvalue weighted by molar-refractivity contribution is 5.87. The van der Waals surface area contributed by atoms with E-state index in [0.29, 0.717) is 19.5 Å². The zero-order chi connectivity index (χ0) is 15.3. The summed E-state index contributed by atoms with van der Waals surface area (Å²) < 4.78 is 4.72. The van der Waals surface area contributed by atoms with E-state index in [1.807, 2.05) is 13.8 Å². The van der Waals surface area contributed by atoms with Crippen molar-refractivity contribution in [2.45, 2.75) is 32.7 Å². The summed E-state index contributed by atoms with van der Waals surface area (Å²) in [5, 5.41) is 2.47. The maximum atomic E-state index is 12.4. The van der Waals surface area contributed by atoms with E-state index in [9.17, 15) is 14.4 Å². The lowest BCUT2D eigenvalue weighted by molar-refractivity contribution is -0.149. The molecule has 114 valence electrons. The molecule has 3 amide bonds. The molecule has 2 unspecified atom stereocenters. The number of esters is 1. The second-order valence-corrected chi connectivity index (χ2v) is 5.38. The number of amides is 3. The number of nitrogens with two attached hydrogens (primary N) is 1. The number of nitrogens with one attached hydrogen (secondary N) is 1. The predicted octanol–water partition coefficient (Wildman–Crippen LogP) is 0.0909. The highest BCUT2D eigenvalue weighted by Gasteiger charge is 2.33. The number of carbonyl (C=O) groups is 3. The van der Waals surface area contributed by atoms with Gasteiger partial charge in [-0.05, 0) is 18.8 Å². The van der Waals surface area contributed by atoms with Gasteiger partial charge in [0.15, 0.2) is 0 Å². The molecule has 0 aliphatic carbocycles. The molecule has 1 saturated heterocycles. The Hall–Kier alpha value is -1.79. The van der Waals surface area contributed by atoms with Crippen molar-refractivity contribution >= 4 is 17.9 Å². The molecule has 20 heavy (non-hydrogen) atoms. The van der Waals surface area contributed by atoms with Crippen molar-refractivity contribution in [3.05, 3.63) is 0 Å². The third-order valence-corrected chi connectivity index (χ3v) is 3.50. The summed E-state index contributed by atoms with van der Waals surface area (Å²) in [6, 6.07) is -1.39. The Morgan fingerprint density at radius 2 is 2.00 bits per heavy atom. The van der Waals surface area contributed by atoms with Gasteiger partial charge in [-0.15, -0.1) is 0 Å². The molecule has 1 aliphatic rings. The number of ether oxygens (including phenoxy) is 1. The first-order valence-corrected chi connectivity index (χ1v) is 6.79. The molecule has 0 aromatic rings. The van der Waals surface area contributed by atoms with Gasteiger partial charge < -0.3 is 20.7 Å². The van der Waals surface area contributed by atoms with Gasteiger partial charge in [0.05, 0.1) is 13.0 Å². The Bertz CT molecular complexity index is 384. The van der Waals surface area contributed by atoms with Gasteiger partial charge in [-0.3, -0.25) is 9.59 Å². The van der Waals surface area contributed by atoms with Gasteiger partial charge >= 0.3 is 12.0 Å². The SMILES string of the molecule is COC(=O)C1CCCN(C(=O)C(NC(N)=O)C(C)C)C1. The van der Waals surface area contributed by atoms with Crippen LogP contribution in [0.5, 0.6) is 0 Å². The van der Waals surface area contributed by atoms with Crippen molar-refractivity contribution in [2.24, 2.45) is 17.6 Å². The topological polar surface area (TPSA) is 102 Å². The Morgan fingerprint density at radius 1 is 1.35 bits per heavy atom. The molecule has 1 heterocycles. The fourth-order valence-electron chi connectivity index (χ4n) is 2.40. The molecule has 1 aliphatic heterocycles. The first-order chi connectivity index (χ1) is 9.36. The van der Waals surface area contributed by atoms with E-state index in [1.165, 1.54) is 7.11 Å². The number of methoxy groups -OCH3 is 1. The number of carbonyl (C=O) groups excluding carboxylic acids is 3. The second-order valence-electron chi connectivity index (χ2n) is 5.38. The lowest BCUT2D eigenvalue weighted by Crippen LogP contribution is -2.55. The Labute approximate surface area is 118 Å². The van der Waals surface area contributed by atoms with E-state index in [0.717, 1.165) is 6.42 Å². The molecular weight excluding hydrogens is 262 g/mol. The zero-order valence-corrected chi connectivity index (χ0v) is 12.2. The third kappa shape index (κ3) is 4.11. The molecule has 2 atom stereocenters. The van der Waals surface area contributed by atoms with E-state index >= 15 is 0 Å².